The van der Waals surface area contributed by atoms with Gasteiger partial charge in [0, 0.05) is 42.5 Å². The van der Waals surface area contributed by atoms with Gasteiger partial charge in [-0.05, 0) is 74.3 Å². The smallest absolute Gasteiger partial charge is 0.130 e. The lowest BCUT2D eigenvalue weighted by atomic mass is 9.73. The third kappa shape index (κ3) is 3.78. The molecule has 1 atom stereocenters. The standard InChI is InChI=1S/C25H39N5/c1-17(2)14-29-15-19-6-5-7-21-23(19)25(10-12-28-13-11-25)16-30(21)24(26)22-18(3)8-9-20(22)27-4/h5-7,17-18,26-29H,8-16H2,1-4H3/t18-/m1/s1. The van der Waals surface area contributed by atoms with Gasteiger partial charge in [0.05, 0.1) is 0 Å². The van der Waals surface area contributed by atoms with Crippen molar-refractivity contribution in [2.24, 2.45) is 11.8 Å². The average Bonchev–Trinajstić information content (AvgIpc) is 3.26. The van der Waals surface area contributed by atoms with E-state index in [4.69, 9.17) is 0 Å². The largest absolute Gasteiger partial charge is 0.391 e. The second-order valence-corrected chi connectivity index (χ2v) is 9.88. The summed E-state index contributed by atoms with van der Waals surface area (Å²) in [5.74, 6) is 1.81. The maximum Gasteiger partial charge on any atom is 0.130 e. The van der Waals surface area contributed by atoms with E-state index >= 15 is 0 Å². The molecule has 4 N–H and O–H groups in total. The molecule has 1 fully saturated rings. The van der Waals surface area contributed by atoms with Gasteiger partial charge < -0.3 is 20.9 Å². The fourth-order valence-corrected chi connectivity index (χ4v) is 5.77. The first-order valence-corrected chi connectivity index (χ1v) is 11.8. The van der Waals surface area contributed by atoms with Gasteiger partial charge in [-0.2, -0.15) is 0 Å². The van der Waals surface area contributed by atoms with E-state index in [1.807, 2.05) is 7.05 Å². The molecule has 3 aliphatic rings. The summed E-state index contributed by atoms with van der Waals surface area (Å²) in [6.45, 7) is 11.8. The van der Waals surface area contributed by atoms with E-state index in [0.717, 1.165) is 58.4 Å². The highest BCUT2D eigenvalue weighted by atomic mass is 15.2. The van der Waals surface area contributed by atoms with E-state index in [9.17, 15) is 5.41 Å². The molecule has 1 aromatic carbocycles. The van der Waals surface area contributed by atoms with Crippen LogP contribution in [-0.4, -0.2) is 39.1 Å². The Labute approximate surface area is 182 Å². The molecular formula is C25H39N5. The summed E-state index contributed by atoms with van der Waals surface area (Å²) in [7, 11) is 2.01. The van der Waals surface area contributed by atoms with E-state index in [2.05, 4.69) is 59.8 Å². The molecule has 0 unspecified atom stereocenters. The first kappa shape index (κ1) is 21.4. The normalized spacial score (nSPS) is 22.8. The van der Waals surface area contributed by atoms with Crippen LogP contribution in [0.3, 0.4) is 0 Å². The van der Waals surface area contributed by atoms with Crippen LogP contribution in [0.4, 0.5) is 5.69 Å². The second kappa shape index (κ2) is 8.72. The molecule has 5 nitrogen and oxygen atoms in total. The number of nitrogens with one attached hydrogen (secondary N) is 4. The van der Waals surface area contributed by atoms with Crippen LogP contribution in [0.1, 0.15) is 57.6 Å². The summed E-state index contributed by atoms with van der Waals surface area (Å²) >= 11 is 0. The Morgan fingerprint density at radius 1 is 1.30 bits per heavy atom. The molecule has 1 aromatic rings. The van der Waals surface area contributed by atoms with Gasteiger partial charge in [0.25, 0.3) is 0 Å². The molecule has 0 saturated carbocycles. The lowest BCUT2D eigenvalue weighted by Gasteiger charge is -2.36. The minimum absolute atomic E-state index is 0.158. The van der Waals surface area contributed by atoms with Gasteiger partial charge in [-0.15, -0.1) is 0 Å². The summed E-state index contributed by atoms with van der Waals surface area (Å²) in [5.41, 5.74) is 6.84. The van der Waals surface area contributed by atoms with Gasteiger partial charge in [-0.25, -0.2) is 0 Å². The molecule has 4 rings (SSSR count). The SMILES string of the molecule is CNC1=C(C(=N)N2CC3(CCNCC3)c3c(CNCC(C)C)cccc32)[C@H](C)CC1. The lowest BCUT2D eigenvalue weighted by Crippen LogP contribution is -2.45. The highest BCUT2D eigenvalue weighted by Crippen LogP contribution is 2.49. The molecule has 164 valence electrons. The highest BCUT2D eigenvalue weighted by molar-refractivity contribution is 6.10. The number of nitrogens with zero attached hydrogens (tertiary/aromatic N) is 1. The van der Waals surface area contributed by atoms with Crippen molar-refractivity contribution in [1.29, 1.82) is 5.41 Å². The first-order valence-electron chi connectivity index (χ1n) is 11.8. The number of piperidine rings is 1. The second-order valence-electron chi connectivity index (χ2n) is 9.88. The molecule has 0 bridgehead atoms. The van der Waals surface area contributed by atoms with E-state index < -0.39 is 0 Å². The van der Waals surface area contributed by atoms with Crippen LogP contribution in [-0.2, 0) is 12.0 Å². The van der Waals surface area contributed by atoms with Crippen molar-refractivity contribution in [1.82, 2.24) is 16.0 Å². The van der Waals surface area contributed by atoms with Crippen LogP contribution in [0.2, 0.25) is 0 Å². The Kier molecular flexibility index (Phi) is 6.21. The molecule has 0 aromatic heterocycles. The summed E-state index contributed by atoms with van der Waals surface area (Å²) < 4.78 is 0. The maximum absolute atomic E-state index is 9.24. The Balaban J connectivity index is 1.72. The maximum atomic E-state index is 9.24. The molecule has 30 heavy (non-hydrogen) atoms. The van der Waals surface area contributed by atoms with Gasteiger partial charge >= 0.3 is 0 Å². The molecule has 5 heteroatoms. The van der Waals surface area contributed by atoms with Gasteiger partial charge in [0.15, 0.2) is 0 Å². The van der Waals surface area contributed by atoms with Gasteiger partial charge in [-0.3, -0.25) is 5.41 Å². The number of hydrogen-bond donors (Lipinski definition) is 4. The fraction of sp³-hybridized carbons (Fsp3) is 0.640. The molecule has 2 aliphatic heterocycles. The summed E-state index contributed by atoms with van der Waals surface area (Å²) in [6.07, 6.45) is 4.50. The summed E-state index contributed by atoms with van der Waals surface area (Å²) in [4.78, 5) is 2.33. The number of fused-ring (bicyclic) bond motifs is 2. The van der Waals surface area contributed by atoms with Gasteiger partial charge in [-0.1, -0.05) is 32.9 Å². The lowest BCUT2D eigenvalue weighted by molar-refractivity contribution is 0.328. The number of hydrogen-bond acceptors (Lipinski definition) is 4. The number of allylic oxidation sites excluding steroid dienone is 1. The van der Waals surface area contributed by atoms with Crippen molar-refractivity contribution < 1.29 is 0 Å². The van der Waals surface area contributed by atoms with Crippen LogP contribution in [0.15, 0.2) is 29.5 Å². The Morgan fingerprint density at radius 3 is 2.77 bits per heavy atom. The Hall–Kier alpha value is -1.85. The molecular weight excluding hydrogens is 370 g/mol. The minimum atomic E-state index is 0.158. The average molecular weight is 410 g/mol. The number of rotatable bonds is 6. The van der Waals surface area contributed by atoms with E-state index in [-0.39, 0.29) is 5.41 Å². The van der Waals surface area contributed by atoms with Crippen LogP contribution >= 0.6 is 0 Å². The van der Waals surface area contributed by atoms with Crippen molar-refractivity contribution in [2.45, 2.75) is 58.4 Å². The zero-order chi connectivity index (χ0) is 21.3. The monoisotopic (exact) mass is 409 g/mol. The zero-order valence-electron chi connectivity index (χ0n) is 19.2. The molecule has 1 aliphatic carbocycles. The first-order chi connectivity index (χ1) is 14.5. The van der Waals surface area contributed by atoms with Gasteiger partial charge in [0.2, 0.25) is 0 Å². The molecule has 0 radical (unpaired) electrons. The summed E-state index contributed by atoms with van der Waals surface area (Å²) in [5, 5.41) is 19.9. The van der Waals surface area contributed by atoms with Gasteiger partial charge in [0.1, 0.15) is 5.84 Å². The predicted molar refractivity (Wildman–Crippen MR) is 126 cm³/mol. The van der Waals surface area contributed by atoms with Crippen molar-refractivity contribution >= 4 is 11.5 Å². The van der Waals surface area contributed by atoms with Crippen LogP contribution in [0, 0.1) is 17.2 Å². The third-order valence-corrected chi connectivity index (χ3v) is 7.31. The number of benzene rings is 1. The van der Waals surface area contributed by atoms with Crippen molar-refractivity contribution in [2.75, 3.05) is 38.1 Å². The van der Waals surface area contributed by atoms with E-state index in [0.29, 0.717) is 17.7 Å². The van der Waals surface area contributed by atoms with Crippen LogP contribution in [0.5, 0.6) is 0 Å². The highest BCUT2D eigenvalue weighted by Gasteiger charge is 2.46. The minimum Gasteiger partial charge on any atom is -0.391 e. The Morgan fingerprint density at radius 2 is 2.07 bits per heavy atom. The zero-order valence-corrected chi connectivity index (χ0v) is 19.2. The fourth-order valence-electron chi connectivity index (χ4n) is 5.77. The van der Waals surface area contributed by atoms with Crippen LogP contribution in [0.25, 0.3) is 0 Å². The quantitative estimate of drug-likeness (QED) is 0.427. The molecule has 0 amide bonds. The van der Waals surface area contributed by atoms with E-state index in [1.54, 1.807) is 0 Å². The molecule has 1 saturated heterocycles. The third-order valence-electron chi connectivity index (χ3n) is 7.31. The van der Waals surface area contributed by atoms with Crippen molar-refractivity contribution in [3.63, 3.8) is 0 Å². The van der Waals surface area contributed by atoms with Crippen molar-refractivity contribution in [3.05, 3.63) is 40.6 Å². The Bertz CT molecular complexity index is 819. The van der Waals surface area contributed by atoms with Crippen molar-refractivity contribution in [3.8, 4) is 0 Å². The van der Waals surface area contributed by atoms with Crippen LogP contribution < -0.4 is 20.9 Å². The van der Waals surface area contributed by atoms with E-state index in [1.165, 1.54) is 28.1 Å². The molecule has 1 spiro atoms. The summed E-state index contributed by atoms with van der Waals surface area (Å²) in [6, 6.07) is 6.75. The topological polar surface area (TPSA) is 63.2 Å². The number of anilines is 1. The predicted octanol–water partition coefficient (Wildman–Crippen LogP) is 3.75. The molecule has 2 heterocycles. The number of amidine groups is 1.